The second kappa shape index (κ2) is 19.6. The molecule has 0 radical (unpaired) electrons. The lowest BCUT2D eigenvalue weighted by Crippen LogP contribution is -2.45. The molecule has 1 aliphatic rings. The van der Waals surface area contributed by atoms with E-state index in [1.807, 2.05) is 49.4 Å². The van der Waals surface area contributed by atoms with Gasteiger partial charge in [-0.2, -0.15) is 0 Å². The number of benzene rings is 2. The van der Waals surface area contributed by atoms with Gasteiger partial charge in [0.25, 0.3) is 0 Å². The average molecular weight is 584 g/mol. The molecule has 1 aliphatic heterocycles. The molecule has 2 unspecified atom stereocenters. The SMILES string of the molecule is CNCC(=O)NC(C)C(C)(C)C.COc1ccc(C)cc1.NCC(=O)N(CCc1ccccc1)CC1CCCN1C=O. The molecule has 0 spiro atoms. The maximum absolute atomic E-state index is 12.0. The second-order valence-corrected chi connectivity index (χ2v) is 11.6. The van der Waals surface area contributed by atoms with Gasteiger partial charge in [-0.15, -0.1) is 0 Å². The number of nitrogens with two attached hydrogens (primary N) is 1. The smallest absolute Gasteiger partial charge is 0.236 e. The van der Waals surface area contributed by atoms with Gasteiger partial charge in [-0.05, 0) is 63.3 Å². The Bertz CT molecular complexity index is 1040. The predicted molar refractivity (Wildman–Crippen MR) is 170 cm³/mol. The fourth-order valence-electron chi connectivity index (χ4n) is 4.15. The largest absolute Gasteiger partial charge is 0.497 e. The summed E-state index contributed by atoms with van der Waals surface area (Å²) in [6, 6.07) is 18.4. The number of aryl methyl sites for hydroxylation is 1. The van der Waals surface area contributed by atoms with Crippen molar-refractivity contribution < 1.29 is 19.1 Å². The first-order valence-corrected chi connectivity index (χ1v) is 14.7. The van der Waals surface area contributed by atoms with Gasteiger partial charge in [-0.3, -0.25) is 14.4 Å². The van der Waals surface area contributed by atoms with Gasteiger partial charge in [-0.25, -0.2) is 0 Å². The van der Waals surface area contributed by atoms with Crippen LogP contribution < -0.4 is 21.1 Å². The monoisotopic (exact) mass is 583 g/mol. The average Bonchev–Trinajstić information content (AvgIpc) is 3.43. The number of carbonyl (C=O) groups excluding carboxylic acids is 3. The Morgan fingerprint density at radius 3 is 2.31 bits per heavy atom. The van der Waals surface area contributed by atoms with E-state index in [4.69, 9.17) is 10.5 Å². The molecule has 1 fully saturated rings. The number of hydrogen-bond acceptors (Lipinski definition) is 6. The summed E-state index contributed by atoms with van der Waals surface area (Å²) in [7, 11) is 3.44. The number of likely N-dealkylation sites (tertiary alicyclic amines) is 1. The molecule has 9 nitrogen and oxygen atoms in total. The molecular weight excluding hydrogens is 530 g/mol. The zero-order valence-corrected chi connectivity index (χ0v) is 26.7. The molecule has 2 aromatic rings. The van der Waals surface area contributed by atoms with Crippen LogP contribution in [0.5, 0.6) is 5.75 Å². The van der Waals surface area contributed by atoms with Crippen LogP contribution in [0, 0.1) is 12.3 Å². The molecule has 0 aromatic heterocycles. The number of likely N-dealkylation sites (N-methyl/N-ethyl adjacent to an activating group) is 1. The van der Waals surface area contributed by atoms with E-state index >= 15 is 0 Å². The molecule has 0 aliphatic carbocycles. The first-order valence-electron chi connectivity index (χ1n) is 14.7. The van der Waals surface area contributed by atoms with Gasteiger partial charge in [-0.1, -0.05) is 68.8 Å². The fraction of sp³-hybridized carbons (Fsp3) is 0.545. The van der Waals surface area contributed by atoms with E-state index in [1.165, 1.54) is 11.1 Å². The second-order valence-electron chi connectivity index (χ2n) is 11.6. The molecular formula is C33H53N5O4. The number of hydrogen-bond donors (Lipinski definition) is 3. The number of methoxy groups -OCH3 is 1. The summed E-state index contributed by atoms with van der Waals surface area (Å²) in [5.41, 5.74) is 8.10. The zero-order valence-electron chi connectivity index (χ0n) is 26.7. The fourth-order valence-corrected chi connectivity index (χ4v) is 4.15. The predicted octanol–water partition coefficient (Wildman–Crippen LogP) is 3.40. The number of nitrogens with one attached hydrogen (secondary N) is 2. The van der Waals surface area contributed by atoms with Gasteiger partial charge in [0.15, 0.2) is 0 Å². The van der Waals surface area contributed by atoms with E-state index in [9.17, 15) is 14.4 Å². The lowest BCUT2D eigenvalue weighted by Gasteiger charge is -2.29. The van der Waals surface area contributed by atoms with E-state index in [2.05, 4.69) is 50.5 Å². The van der Waals surface area contributed by atoms with Crippen molar-refractivity contribution in [3.63, 3.8) is 0 Å². The maximum Gasteiger partial charge on any atom is 0.236 e. The maximum atomic E-state index is 12.0. The van der Waals surface area contributed by atoms with Gasteiger partial charge in [0.2, 0.25) is 18.2 Å². The van der Waals surface area contributed by atoms with Gasteiger partial charge in [0, 0.05) is 31.7 Å². The molecule has 3 rings (SSSR count). The van der Waals surface area contributed by atoms with E-state index in [1.54, 1.807) is 24.0 Å². The van der Waals surface area contributed by atoms with Crippen molar-refractivity contribution in [1.82, 2.24) is 20.4 Å². The molecule has 0 saturated carbocycles. The zero-order chi connectivity index (χ0) is 31.5. The van der Waals surface area contributed by atoms with E-state index in [0.717, 1.165) is 38.0 Å². The Balaban J connectivity index is 0.000000354. The molecule has 234 valence electrons. The van der Waals surface area contributed by atoms with Crippen LogP contribution >= 0.6 is 0 Å². The van der Waals surface area contributed by atoms with Crippen LogP contribution in [0.4, 0.5) is 0 Å². The lowest BCUT2D eigenvalue weighted by molar-refractivity contribution is -0.131. The molecule has 1 heterocycles. The van der Waals surface area contributed by atoms with Crippen molar-refractivity contribution in [1.29, 1.82) is 0 Å². The number of nitrogens with zero attached hydrogens (tertiary/aromatic N) is 2. The highest BCUT2D eigenvalue weighted by Gasteiger charge is 2.26. The minimum absolute atomic E-state index is 0.0165. The summed E-state index contributed by atoms with van der Waals surface area (Å²) < 4.78 is 4.97. The Kier molecular flexibility index (Phi) is 17.1. The first-order chi connectivity index (χ1) is 19.9. The van der Waals surface area contributed by atoms with E-state index < -0.39 is 0 Å². The van der Waals surface area contributed by atoms with Crippen molar-refractivity contribution in [3.05, 3.63) is 65.7 Å². The highest BCUT2D eigenvalue weighted by atomic mass is 16.5. The third-order valence-corrected chi connectivity index (χ3v) is 7.30. The van der Waals surface area contributed by atoms with Gasteiger partial charge in [0.05, 0.1) is 20.2 Å². The highest BCUT2D eigenvalue weighted by Crippen LogP contribution is 2.18. The summed E-state index contributed by atoms with van der Waals surface area (Å²) in [5.74, 6) is 0.921. The summed E-state index contributed by atoms with van der Waals surface area (Å²) in [4.78, 5) is 37.7. The third kappa shape index (κ3) is 14.5. The Morgan fingerprint density at radius 1 is 1.14 bits per heavy atom. The first kappa shape index (κ1) is 36.6. The van der Waals surface area contributed by atoms with E-state index in [-0.39, 0.29) is 35.9 Å². The summed E-state index contributed by atoms with van der Waals surface area (Å²) in [5, 5.41) is 5.73. The van der Waals surface area contributed by atoms with Crippen molar-refractivity contribution in [2.24, 2.45) is 11.1 Å². The summed E-state index contributed by atoms with van der Waals surface area (Å²) >= 11 is 0. The molecule has 42 heavy (non-hydrogen) atoms. The van der Waals surface area contributed by atoms with Crippen LogP contribution in [-0.4, -0.2) is 87.0 Å². The molecule has 2 aromatic carbocycles. The van der Waals surface area contributed by atoms with Gasteiger partial charge < -0.3 is 30.9 Å². The van der Waals surface area contributed by atoms with Crippen LogP contribution in [0.1, 0.15) is 51.7 Å². The minimum Gasteiger partial charge on any atom is -0.497 e. The van der Waals surface area contributed by atoms with Crippen molar-refractivity contribution in [2.75, 3.05) is 46.9 Å². The molecule has 1 saturated heterocycles. The molecule has 4 N–H and O–H groups in total. The van der Waals surface area contributed by atoms with Crippen molar-refractivity contribution in [2.45, 2.75) is 66.0 Å². The number of carbonyl (C=O) groups is 3. The Labute approximate surface area is 253 Å². The van der Waals surface area contributed by atoms with Crippen LogP contribution in [0.15, 0.2) is 54.6 Å². The highest BCUT2D eigenvalue weighted by molar-refractivity contribution is 5.78. The van der Waals surface area contributed by atoms with Crippen LogP contribution in [0.3, 0.4) is 0 Å². The number of amides is 3. The van der Waals surface area contributed by atoms with Crippen molar-refractivity contribution >= 4 is 18.2 Å². The Hall–Kier alpha value is -3.43. The normalized spacial score (nSPS) is 14.9. The molecule has 2 atom stereocenters. The summed E-state index contributed by atoms with van der Waals surface area (Å²) in [6.07, 6.45) is 3.66. The van der Waals surface area contributed by atoms with E-state index in [0.29, 0.717) is 19.6 Å². The van der Waals surface area contributed by atoms with Crippen LogP contribution in [0.25, 0.3) is 0 Å². The Morgan fingerprint density at radius 2 is 1.79 bits per heavy atom. The molecule has 9 heteroatoms. The quantitative estimate of drug-likeness (QED) is 0.349. The number of rotatable bonds is 11. The van der Waals surface area contributed by atoms with Gasteiger partial charge in [0.1, 0.15) is 5.75 Å². The van der Waals surface area contributed by atoms with Crippen LogP contribution in [0.2, 0.25) is 0 Å². The minimum atomic E-state index is -0.0521. The molecule has 0 bridgehead atoms. The molecule has 3 amide bonds. The number of ether oxygens (including phenoxy) is 1. The standard InChI is InChI=1S/C16H23N3O2.C9H20N2O.C8H10O/c17-11-16(21)18(10-8-14-5-2-1-3-6-14)12-15-7-4-9-19(15)13-20;1-7(9(2,3)4)11-8(12)6-10-5;1-7-3-5-8(9-2)6-4-7/h1-3,5-6,13,15H,4,7-12,17H2;7,10H,6H2,1-5H3,(H,11,12);3-6H,1-2H3. The van der Waals surface area contributed by atoms with Crippen molar-refractivity contribution in [3.8, 4) is 5.75 Å². The third-order valence-electron chi connectivity index (χ3n) is 7.30. The van der Waals surface area contributed by atoms with Crippen LogP contribution in [-0.2, 0) is 20.8 Å². The summed E-state index contributed by atoms with van der Waals surface area (Å²) in [6.45, 7) is 12.8. The lowest BCUT2D eigenvalue weighted by atomic mass is 9.88. The van der Waals surface area contributed by atoms with Gasteiger partial charge >= 0.3 is 0 Å². The topological polar surface area (TPSA) is 117 Å².